The van der Waals surface area contributed by atoms with Crippen LogP contribution in [-0.4, -0.2) is 24.8 Å². The average Bonchev–Trinajstić information content (AvgIpc) is 2.94. The molecule has 24 heavy (non-hydrogen) atoms. The van der Waals surface area contributed by atoms with Gasteiger partial charge in [-0.3, -0.25) is 4.79 Å². The van der Waals surface area contributed by atoms with Gasteiger partial charge >= 0.3 is 0 Å². The van der Waals surface area contributed by atoms with Crippen molar-refractivity contribution in [2.24, 2.45) is 5.73 Å². The molecule has 1 amide bonds. The SMILES string of the molecule is CC(C)(C)NS(=O)(=O)c1cccc(NC(=O)c2csc(CN)n2)c1. The van der Waals surface area contributed by atoms with Gasteiger partial charge in [-0.1, -0.05) is 6.07 Å². The molecular formula is C15H20N4O3S2. The molecule has 0 aliphatic rings. The van der Waals surface area contributed by atoms with Gasteiger partial charge in [0.05, 0.1) is 4.90 Å². The van der Waals surface area contributed by atoms with Crippen molar-refractivity contribution >= 4 is 33.0 Å². The van der Waals surface area contributed by atoms with Crippen LogP contribution in [0.4, 0.5) is 5.69 Å². The van der Waals surface area contributed by atoms with Crippen molar-refractivity contribution in [1.82, 2.24) is 9.71 Å². The van der Waals surface area contributed by atoms with Crippen molar-refractivity contribution in [2.75, 3.05) is 5.32 Å². The van der Waals surface area contributed by atoms with E-state index in [2.05, 4.69) is 15.0 Å². The lowest BCUT2D eigenvalue weighted by Gasteiger charge is -2.20. The van der Waals surface area contributed by atoms with E-state index in [9.17, 15) is 13.2 Å². The number of carbonyl (C=O) groups is 1. The second kappa shape index (κ2) is 6.98. The Morgan fingerprint density at radius 3 is 2.62 bits per heavy atom. The molecule has 1 heterocycles. The Morgan fingerprint density at radius 2 is 2.04 bits per heavy atom. The van der Waals surface area contributed by atoms with Crippen LogP contribution in [0.5, 0.6) is 0 Å². The van der Waals surface area contributed by atoms with Crippen LogP contribution >= 0.6 is 11.3 Å². The molecule has 4 N–H and O–H groups in total. The van der Waals surface area contributed by atoms with E-state index in [1.54, 1.807) is 38.3 Å². The molecule has 0 saturated carbocycles. The van der Waals surface area contributed by atoms with Gasteiger partial charge in [-0.2, -0.15) is 0 Å². The number of benzene rings is 1. The number of aromatic nitrogens is 1. The molecule has 0 atom stereocenters. The molecule has 2 aromatic rings. The molecule has 0 radical (unpaired) electrons. The molecule has 1 aromatic carbocycles. The highest BCUT2D eigenvalue weighted by molar-refractivity contribution is 7.89. The highest BCUT2D eigenvalue weighted by atomic mass is 32.2. The predicted octanol–water partition coefficient (Wildman–Crippen LogP) is 1.93. The van der Waals surface area contributed by atoms with E-state index in [4.69, 9.17) is 5.73 Å². The lowest BCUT2D eigenvalue weighted by Crippen LogP contribution is -2.40. The zero-order valence-corrected chi connectivity index (χ0v) is 15.3. The quantitative estimate of drug-likeness (QED) is 0.746. The van der Waals surface area contributed by atoms with Gasteiger partial charge in [0.2, 0.25) is 10.0 Å². The normalized spacial score (nSPS) is 12.2. The Balaban J connectivity index is 2.20. The summed E-state index contributed by atoms with van der Waals surface area (Å²) in [5.74, 6) is -0.413. The number of anilines is 1. The maximum atomic E-state index is 12.3. The zero-order chi connectivity index (χ0) is 18.0. The Labute approximate surface area is 145 Å². The molecule has 2 rings (SSSR count). The van der Waals surface area contributed by atoms with Crippen LogP contribution in [0, 0.1) is 0 Å². The highest BCUT2D eigenvalue weighted by Gasteiger charge is 2.22. The maximum absolute atomic E-state index is 12.3. The van der Waals surface area contributed by atoms with Crippen LogP contribution in [0.1, 0.15) is 36.3 Å². The summed E-state index contributed by atoms with van der Waals surface area (Å²) in [5.41, 5.74) is 5.50. The van der Waals surface area contributed by atoms with E-state index < -0.39 is 21.5 Å². The first-order valence-corrected chi connectivity index (χ1v) is 9.57. The van der Waals surface area contributed by atoms with E-state index in [0.29, 0.717) is 10.7 Å². The van der Waals surface area contributed by atoms with E-state index in [-0.39, 0.29) is 17.1 Å². The van der Waals surface area contributed by atoms with Crippen LogP contribution in [-0.2, 0) is 16.6 Å². The Hall–Kier alpha value is -1.81. The van der Waals surface area contributed by atoms with Gasteiger partial charge in [-0.15, -0.1) is 11.3 Å². The van der Waals surface area contributed by atoms with Crippen LogP contribution in [0.25, 0.3) is 0 Å². The Kier molecular flexibility index (Phi) is 5.38. The molecule has 0 unspecified atom stereocenters. The van der Waals surface area contributed by atoms with E-state index in [1.807, 2.05) is 0 Å². The number of sulfonamides is 1. The predicted molar refractivity (Wildman–Crippen MR) is 94.5 cm³/mol. The summed E-state index contributed by atoms with van der Waals surface area (Å²) in [6.45, 7) is 5.54. The molecule has 0 bridgehead atoms. The Morgan fingerprint density at radius 1 is 1.33 bits per heavy atom. The summed E-state index contributed by atoms with van der Waals surface area (Å²) in [4.78, 5) is 16.3. The van der Waals surface area contributed by atoms with Gasteiger partial charge in [-0.05, 0) is 39.0 Å². The minimum Gasteiger partial charge on any atom is -0.325 e. The van der Waals surface area contributed by atoms with E-state index in [1.165, 1.54) is 23.5 Å². The number of nitrogens with zero attached hydrogens (tertiary/aromatic N) is 1. The van der Waals surface area contributed by atoms with Gasteiger partial charge in [-0.25, -0.2) is 18.1 Å². The van der Waals surface area contributed by atoms with Crippen molar-refractivity contribution in [2.45, 2.75) is 37.8 Å². The number of amides is 1. The lowest BCUT2D eigenvalue weighted by atomic mass is 10.1. The third kappa shape index (κ3) is 4.84. The molecule has 0 aliphatic carbocycles. The smallest absolute Gasteiger partial charge is 0.275 e. The number of nitrogens with two attached hydrogens (primary N) is 1. The van der Waals surface area contributed by atoms with Gasteiger partial charge in [0, 0.05) is 23.2 Å². The molecule has 130 valence electrons. The second-order valence-corrected chi connectivity index (χ2v) is 8.79. The van der Waals surface area contributed by atoms with Gasteiger partial charge in [0.1, 0.15) is 10.7 Å². The summed E-state index contributed by atoms with van der Waals surface area (Å²) in [6.07, 6.45) is 0. The summed E-state index contributed by atoms with van der Waals surface area (Å²) in [7, 11) is -3.67. The lowest BCUT2D eigenvalue weighted by molar-refractivity contribution is 0.102. The van der Waals surface area contributed by atoms with Gasteiger partial charge in [0.15, 0.2) is 0 Å². The molecule has 0 fully saturated rings. The van der Waals surface area contributed by atoms with Gasteiger partial charge in [0.25, 0.3) is 5.91 Å². The van der Waals surface area contributed by atoms with Gasteiger partial charge < -0.3 is 11.1 Å². The minimum atomic E-state index is -3.67. The monoisotopic (exact) mass is 368 g/mol. The van der Waals surface area contributed by atoms with Crippen molar-refractivity contribution in [3.05, 3.63) is 40.3 Å². The minimum absolute atomic E-state index is 0.0798. The van der Waals surface area contributed by atoms with Crippen molar-refractivity contribution in [3.8, 4) is 0 Å². The molecule has 1 aromatic heterocycles. The van der Waals surface area contributed by atoms with Crippen LogP contribution in [0.2, 0.25) is 0 Å². The van der Waals surface area contributed by atoms with Crippen molar-refractivity contribution < 1.29 is 13.2 Å². The summed E-state index contributed by atoms with van der Waals surface area (Å²) < 4.78 is 27.3. The van der Waals surface area contributed by atoms with Crippen molar-refractivity contribution in [3.63, 3.8) is 0 Å². The van der Waals surface area contributed by atoms with Crippen LogP contribution in [0.3, 0.4) is 0 Å². The number of hydrogen-bond acceptors (Lipinski definition) is 6. The van der Waals surface area contributed by atoms with Crippen LogP contribution in [0.15, 0.2) is 34.5 Å². The number of rotatable bonds is 5. The first kappa shape index (κ1) is 18.5. The standard InChI is InChI=1S/C15H20N4O3S2/c1-15(2,3)19-24(21,22)11-6-4-5-10(7-11)17-14(20)12-9-23-13(8-16)18-12/h4-7,9,19H,8,16H2,1-3H3,(H,17,20). The number of nitrogens with one attached hydrogen (secondary N) is 2. The first-order chi connectivity index (χ1) is 11.1. The molecule has 0 aliphatic heterocycles. The fraction of sp³-hybridized carbons (Fsp3) is 0.333. The van der Waals surface area contributed by atoms with Crippen LogP contribution < -0.4 is 15.8 Å². The molecule has 7 nitrogen and oxygen atoms in total. The fourth-order valence-corrected chi connectivity index (χ4v) is 4.03. The third-order valence-corrected chi connectivity index (χ3v) is 5.43. The second-order valence-electron chi connectivity index (χ2n) is 6.17. The Bertz CT molecular complexity index is 838. The van der Waals surface area contributed by atoms with E-state index in [0.717, 1.165) is 0 Å². The topological polar surface area (TPSA) is 114 Å². The number of hydrogen-bond donors (Lipinski definition) is 3. The molecular weight excluding hydrogens is 348 g/mol. The first-order valence-electron chi connectivity index (χ1n) is 7.20. The fourth-order valence-electron chi connectivity index (χ4n) is 1.91. The molecule has 0 spiro atoms. The number of carbonyl (C=O) groups excluding carboxylic acids is 1. The summed E-state index contributed by atoms with van der Waals surface area (Å²) >= 11 is 1.30. The van der Waals surface area contributed by atoms with Crippen molar-refractivity contribution in [1.29, 1.82) is 0 Å². The highest BCUT2D eigenvalue weighted by Crippen LogP contribution is 2.18. The average molecular weight is 368 g/mol. The summed E-state index contributed by atoms with van der Waals surface area (Å²) in [5, 5.41) is 4.91. The molecule has 0 saturated heterocycles. The summed E-state index contributed by atoms with van der Waals surface area (Å²) in [6, 6.07) is 6.06. The third-order valence-electron chi connectivity index (χ3n) is 2.80. The maximum Gasteiger partial charge on any atom is 0.275 e. The number of thiazole rings is 1. The largest absolute Gasteiger partial charge is 0.325 e. The van der Waals surface area contributed by atoms with E-state index >= 15 is 0 Å². The molecule has 9 heteroatoms. The zero-order valence-electron chi connectivity index (χ0n) is 13.7.